The predicted octanol–water partition coefficient (Wildman–Crippen LogP) is 3.50. The van der Waals surface area contributed by atoms with E-state index in [-0.39, 0.29) is 11.3 Å². The summed E-state index contributed by atoms with van der Waals surface area (Å²) in [7, 11) is -3.18. The Morgan fingerprint density at radius 1 is 1.12 bits per heavy atom. The lowest BCUT2D eigenvalue weighted by atomic mass is 9.86. The molecule has 1 heterocycles. The molecule has 6 nitrogen and oxygen atoms in total. The molecule has 8 heteroatoms. The largest absolute Gasteiger partial charge is 0.360 e. The van der Waals surface area contributed by atoms with Crippen LogP contribution in [0.3, 0.4) is 0 Å². The molecule has 142 valence electrons. The Kier molecular flexibility index (Phi) is 6.26. The van der Waals surface area contributed by atoms with Crippen molar-refractivity contribution in [2.24, 2.45) is 5.92 Å². The predicted molar refractivity (Wildman–Crippen MR) is 107 cm³/mol. The zero-order chi connectivity index (χ0) is 18.6. The molecular formula is C18H26N4O2S2. The molecular weight excluding hydrogens is 368 g/mol. The first-order chi connectivity index (χ1) is 12.4. The number of benzene rings is 1. The number of sulfonamides is 1. The summed E-state index contributed by atoms with van der Waals surface area (Å²) in [6, 6.07) is 10.1. The first kappa shape index (κ1) is 19.3. The van der Waals surface area contributed by atoms with Crippen molar-refractivity contribution in [2.45, 2.75) is 50.8 Å². The molecule has 1 aromatic heterocycles. The Hall–Kier alpha value is -1.51. The van der Waals surface area contributed by atoms with Gasteiger partial charge < -0.3 is 5.32 Å². The van der Waals surface area contributed by atoms with Crippen molar-refractivity contribution in [3.05, 3.63) is 30.3 Å². The van der Waals surface area contributed by atoms with Gasteiger partial charge in [0.1, 0.15) is 5.01 Å². The molecule has 1 aromatic carbocycles. The first-order valence-electron chi connectivity index (χ1n) is 9.08. The van der Waals surface area contributed by atoms with Crippen LogP contribution in [0.5, 0.6) is 0 Å². The van der Waals surface area contributed by atoms with Gasteiger partial charge in [0, 0.05) is 18.2 Å². The van der Waals surface area contributed by atoms with E-state index in [1.807, 2.05) is 30.3 Å². The van der Waals surface area contributed by atoms with E-state index in [4.69, 9.17) is 0 Å². The zero-order valence-corrected chi connectivity index (χ0v) is 16.8. The van der Waals surface area contributed by atoms with Crippen molar-refractivity contribution >= 4 is 26.5 Å². The van der Waals surface area contributed by atoms with Crippen LogP contribution in [0.15, 0.2) is 30.3 Å². The fourth-order valence-corrected chi connectivity index (χ4v) is 4.80. The van der Waals surface area contributed by atoms with E-state index >= 15 is 0 Å². The van der Waals surface area contributed by atoms with Gasteiger partial charge in [0.05, 0.1) is 5.25 Å². The van der Waals surface area contributed by atoms with Gasteiger partial charge in [-0.15, -0.1) is 10.2 Å². The summed E-state index contributed by atoms with van der Waals surface area (Å²) in [5.41, 5.74) is 1.08. The molecule has 1 fully saturated rings. The van der Waals surface area contributed by atoms with E-state index in [1.165, 1.54) is 0 Å². The topological polar surface area (TPSA) is 84.0 Å². The monoisotopic (exact) mass is 394 g/mol. The summed E-state index contributed by atoms with van der Waals surface area (Å²) in [5.74, 6) is 0.541. The van der Waals surface area contributed by atoms with Crippen LogP contribution in [0, 0.1) is 5.92 Å². The van der Waals surface area contributed by atoms with Gasteiger partial charge in [-0.25, -0.2) is 13.1 Å². The number of rotatable bonds is 7. The molecule has 1 saturated carbocycles. The highest BCUT2D eigenvalue weighted by atomic mass is 32.2. The van der Waals surface area contributed by atoms with Crippen LogP contribution in [-0.4, -0.2) is 36.5 Å². The molecule has 2 N–H and O–H groups in total. The van der Waals surface area contributed by atoms with Gasteiger partial charge in [0.2, 0.25) is 15.2 Å². The molecule has 0 bridgehead atoms. The second-order valence-electron chi connectivity index (χ2n) is 7.09. The van der Waals surface area contributed by atoms with Gasteiger partial charge in [-0.3, -0.25) is 0 Å². The molecule has 1 aliphatic rings. The number of anilines is 1. The third-order valence-corrected chi connectivity index (χ3v) is 7.62. The summed E-state index contributed by atoms with van der Waals surface area (Å²) < 4.78 is 26.8. The van der Waals surface area contributed by atoms with E-state index in [1.54, 1.807) is 25.2 Å². The summed E-state index contributed by atoms with van der Waals surface area (Å²) in [5, 5.41) is 13.2. The first-order valence-corrected chi connectivity index (χ1v) is 11.4. The van der Waals surface area contributed by atoms with Crippen molar-refractivity contribution in [3.63, 3.8) is 0 Å². The molecule has 0 amide bonds. The van der Waals surface area contributed by atoms with Crippen molar-refractivity contribution in [3.8, 4) is 10.6 Å². The van der Waals surface area contributed by atoms with Crippen LogP contribution in [0.2, 0.25) is 0 Å². The Labute approximate surface area is 159 Å². The van der Waals surface area contributed by atoms with Gasteiger partial charge in [-0.2, -0.15) is 0 Å². The van der Waals surface area contributed by atoms with Crippen molar-refractivity contribution in [1.29, 1.82) is 0 Å². The Morgan fingerprint density at radius 3 is 2.46 bits per heavy atom. The van der Waals surface area contributed by atoms with Crippen molar-refractivity contribution in [1.82, 2.24) is 14.9 Å². The van der Waals surface area contributed by atoms with Crippen LogP contribution >= 0.6 is 11.3 Å². The maximum absolute atomic E-state index is 12.0. The van der Waals surface area contributed by atoms with Gasteiger partial charge in [-0.1, -0.05) is 41.7 Å². The maximum atomic E-state index is 12.0. The standard InChI is InChI=1S/C18H26N4O2S2/c1-13(2)26(23,24)22-16-10-8-14(9-11-16)12-19-18-21-20-17(25-18)15-6-4-3-5-7-15/h3-7,13-14,16,22H,8-12H2,1-2H3,(H,19,21)/t14-,16-. The highest BCUT2D eigenvalue weighted by Crippen LogP contribution is 2.28. The fourth-order valence-electron chi connectivity index (χ4n) is 3.08. The quantitative estimate of drug-likeness (QED) is 0.751. The van der Waals surface area contributed by atoms with Crippen LogP contribution in [0.25, 0.3) is 10.6 Å². The van der Waals surface area contributed by atoms with E-state index in [0.717, 1.165) is 47.9 Å². The van der Waals surface area contributed by atoms with Gasteiger partial charge >= 0.3 is 0 Å². The Bertz CT molecular complexity index is 798. The number of nitrogens with one attached hydrogen (secondary N) is 2. The average Bonchev–Trinajstić information content (AvgIpc) is 3.10. The Balaban J connectivity index is 1.45. The molecule has 0 aliphatic heterocycles. The van der Waals surface area contributed by atoms with Crippen LogP contribution in [0.4, 0.5) is 5.13 Å². The molecule has 26 heavy (non-hydrogen) atoms. The van der Waals surface area contributed by atoms with Crippen LogP contribution < -0.4 is 10.0 Å². The minimum Gasteiger partial charge on any atom is -0.360 e. The second-order valence-corrected chi connectivity index (χ2v) is 10.3. The number of aromatic nitrogens is 2. The summed E-state index contributed by atoms with van der Waals surface area (Å²) in [4.78, 5) is 0. The van der Waals surface area contributed by atoms with Gasteiger partial charge in [0.25, 0.3) is 0 Å². The van der Waals surface area contributed by atoms with E-state index < -0.39 is 10.0 Å². The molecule has 0 spiro atoms. The molecule has 0 saturated heterocycles. The van der Waals surface area contributed by atoms with E-state index in [0.29, 0.717) is 5.92 Å². The maximum Gasteiger partial charge on any atom is 0.214 e. The smallest absolute Gasteiger partial charge is 0.214 e. The zero-order valence-electron chi connectivity index (χ0n) is 15.2. The lowest BCUT2D eigenvalue weighted by Gasteiger charge is -2.29. The number of nitrogens with zero attached hydrogens (tertiary/aromatic N) is 2. The minimum absolute atomic E-state index is 0.0739. The van der Waals surface area contributed by atoms with Gasteiger partial charge in [-0.05, 0) is 45.4 Å². The lowest BCUT2D eigenvalue weighted by molar-refractivity contribution is 0.323. The Morgan fingerprint density at radius 2 is 1.81 bits per heavy atom. The highest BCUT2D eigenvalue weighted by molar-refractivity contribution is 7.90. The minimum atomic E-state index is -3.18. The summed E-state index contributed by atoms with van der Waals surface area (Å²) in [6.07, 6.45) is 3.82. The van der Waals surface area contributed by atoms with Crippen LogP contribution in [-0.2, 0) is 10.0 Å². The van der Waals surface area contributed by atoms with E-state index in [2.05, 4.69) is 20.2 Å². The lowest BCUT2D eigenvalue weighted by Crippen LogP contribution is -2.41. The number of hydrogen-bond donors (Lipinski definition) is 2. The summed E-state index contributed by atoms with van der Waals surface area (Å²) >= 11 is 1.56. The van der Waals surface area contributed by atoms with Crippen molar-refractivity contribution < 1.29 is 8.42 Å². The molecule has 2 aromatic rings. The second kappa shape index (κ2) is 8.45. The SMILES string of the molecule is CC(C)S(=O)(=O)N[C@H]1CC[C@H](CNc2nnc(-c3ccccc3)s2)CC1. The third kappa shape index (κ3) is 5.02. The molecule has 0 radical (unpaired) electrons. The molecule has 3 rings (SSSR count). The fraction of sp³-hybridized carbons (Fsp3) is 0.556. The normalized spacial score (nSPS) is 21.0. The van der Waals surface area contributed by atoms with Crippen molar-refractivity contribution in [2.75, 3.05) is 11.9 Å². The van der Waals surface area contributed by atoms with Gasteiger partial charge in [0.15, 0.2) is 0 Å². The third-order valence-electron chi connectivity index (χ3n) is 4.79. The van der Waals surface area contributed by atoms with Crippen LogP contribution in [0.1, 0.15) is 39.5 Å². The number of hydrogen-bond acceptors (Lipinski definition) is 6. The molecule has 0 unspecified atom stereocenters. The molecule has 1 aliphatic carbocycles. The summed E-state index contributed by atoms with van der Waals surface area (Å²) in [6.45, 7) is 4.28. The molecule has 0 atom stereocenters. The van der Waals surface area contributed by atoms with E-state index in [9.17, 15) is 8.42 Å². The average molecular weight is 395 g/mol. The highest BCUT2D eigenvalue weighted by Gasteiger charge is 2.26.